The van der Waals surface area contributed by atoms with Crippen LogP contribution in [0.2, 0.25) is 5.02 Å². The Morgan fingerprint density at radius 3 is 2.62 bits per heavy atom. The highest BCUT2D eigenvalue weighted by molar-refractivity contribution is 7.22. The molecule has 4 rings (SSSR count). The minimum Gasteiger partial charge on any atom is -0.491 e. The Labute approximate surface area is 176 Å². The van der Waals surface area contributed by atoms with Crippen molar-refractivity contribution in [2.45, 2.75) is 18.9 Å². The quantitative estimate of drug-likeness (QED) is 0.543. The van der Waals surface area contributed by atoms with Crippen molar-refractivity contribution in [2.24, 2.45) is 5.92 Å². The molecule has 0 aliphatic heterocycles. The van der Waals surface area contributed by atoms with E-state index in [9.17, 15) is 9.59 Å². The fourth-order valence-corrected chi connectivity index (χ4v) is 4.65. The molecule has 0 spiro atoms. The van der Waals surface area contributed by atoms with Crippen LogP contribution in [0, 0.1) is 5.92 Å². The SMILES string of the molecule is O=C(O)C1CC(OCCOc2ccc(-c3cc(=O)c4cccc(Cl)c4s3)cc2)C1. The Balaban J connectivity index is 1.35. The summed E-state index contributed by atoms with van der Waals surface area (Å²) in [7, 11) is 0. The molecule has 1 saturated carbocycles. The first kappa shape index (κ1) is 19.9. The van der Waals surface area contributed by atoms with Crippen molar-refractivity contribution in [1.82, 2.24) is 0 Å². The second-order valence-electron chi connectivity index (χ2n) is 6.96. The van der Waals surface area contributed by atoms with E-state index in [4.69, 9.17) is 26.2 Å². The van der Waals surface area contributed by atoms with Gasteiger partial charge in [0.15, 0.2) is 5.43 Å². The van der Waals surface area contributed by atoms with E-state index in [1.807, 2.05) is 24.3 Å². The second kappa shape index (κ2) is 8.53. The fourth-order valence-electron chi connectivity index (χ4n) is 3.28. The molecule has 3 aromatic rings. The number of fused-ring (bicyclic) bond motifs is 1. The summed E-state index contributed by atoms with van der Waals surface area (Å²) in [5.41, 5.74) is 0.876. The summed E-state index contributed by atoms with van der Waals surface area (Å²) in [6.45, 7) is 0.816. The van der Waals surface area contributed by atoms with Gasteiger partial charge >= 0.3 is 5.97 Å². The molecule has 0 amide bonds. The summed E-state index contributed by atoms with van der Waals surface area (Å²) >= 11 is 7.74. The zero-order valence-electron chi connectivity index (χ0n) is 15.5. The summed E-state index contributed by atoms with van der Waals surface area (Å²) < 4.78 is 12.1. The van der Waals surface area contributed by atoms with Crippen LogP contribution >= 0.6 is 22.9 Å². The van der Waals surface area contributed by atoms with E-state index in [1.54, 1.807) is 24.3 Å². The minimum absolute atomic E-state index is 0.0181. The maximum Gasteiger partial charge on any atom is 0.306 e. The van der Waals surface area contributed by atoms with Crippen molar-refractivity contribution >= 4 is 39.0 Å². The van der Waals surface area contributed by atoms with E-state index in [0.717, 1.165) is 15.1 Å². The molecule has 150 valence electrons. The summed E-state index contributed by atoms with van der Waals surface area (Å²) in [6.07, 6.45) is 1.16. The number of ether oxygens (including phenoxy) is 2. The van der Waals surface area contributed by atoms with Gasteiger partial charge in [0.1, 0.15) is 12.4 Å². The van der Waals surface area contributed by atoms with Crippen LogP contribution < -0.4 is 10.2 Å². The van der Waals surface area contributed by atoms with Crippen LogP contribution in [0.15, 0.2) is 53.3 Å². The van der Waals surface area contributed by atoms with E-state index in [2.05, 4.69) is 0 Å². The Hall–Kier alpha value is -2.41. The molecule has 1 heterocycles. The summed E-state index contributed by atoms with van der Waals surface area (Å²) in [4.78, 5) is 24.0. The number of carboxylic acids is 1. The lowest BCUT2D eigenvalue weighted by Gasteiger charge is -2.31. The first-order valence-electron chi connectivity index (χ1n) is 9.31. The van der Waals surface area contributed by atoms with E-state index < -0.39 is 5.97 Å². The van der Waals surface area contributed by atoms with Gasteiger partial charge in [-0.15, -0.1) is 11.3 Å². The molecular formula is C22H19ClO5S. The van der Waals surface area contributed by atoms with Crippen LogP contribution in [0.1, 0.15) is 12.8 Å². The zero-order chi connectivity index (χ0) is 20.4. The summed E-state index contributed by atoms with van der Waals surface area (Å²) in [5.74, 6) is -0.311. The Kier molecular flexibility index (Phi) is 5.85. The molecule has 1 aromatic heterocycles. The van der Waals surface area contributed by atoms with Gasteiger partial charge in [0.2, 0.25) is 0 Å². The zero-order valence-corrected chi connectivity index (χ0v) is 17.0. The summed E-state index contributed by atoms with van der Waals surface area (Å²) in [5, 5.41) is 10.1. The van der Waals surface area contributed by atoms with Crippen molar-refractivity contribution in [3.63, 3.8) is 0 Å². The number of hydrogen-bond acceptors (Lipinski definition) is 5. The lowest BCUT2D eigenvalue weighted by Crippen LogP contribution is -2.36. The molecule has 0 radical (unpaired) electrons. The van der Waals surface area contributed by atoms with Crippen LogP contribution in [0.4, 0.5) is 0 Å². The molecule has 0 saturated heterocycles. The highest BCUT2D eigenvalue weighted by Crippen LogP contribution is 2.33. The van der Waals surface area contributed by atoms with Gasteiger partial charge in [-0.3, -0.25) is 9.59 Å². The fraction of sp³-hybridized carbons (Fsp3) is 0.273. The highest BCUT2D eigenvalue weighted by atomic mass is 35.5. The smallest absolute Gasteiger partial charge is 0.306 e. The van der Waals surface area contributed by atoms with E-state index >= 15 is 0 Å². The first-order chi connectivity index (χ1) is 14.0. The first-order valence-corrected chi connectivity index (χ1v) is 10.5. The van der Waals surface area contributed by atoms with Crippen LogP contribution in [0.5, 0.6) is 5.75 Å². The van der Waals surface area contributed by atoms with Crippen LogP contribution in [-0.2, 0) is 9.53 Å². The van der Waals surface area contributed by atoms with Crippen molar-refractivity contribution in [3.05, 3.63) is 63.8 Å². The maximum absolute atomic E-state index is 12.4. The van der Waals surface area contributed by atoms with Gasteiger partial charge in [0.05, 0.1) is 28.4 Å². The largest absolute Gasteiger partial charge is 0.491 e. The van der Waals surface area contributed by atoms with E-state index in [-0.39, 0.29) is 17.5 Å². The van der Waals surface area contributed by atoms with Gasteiger partial charge in [0, 0.05) is 16.3 Å². The monoisotopic (exact) mass is 430 g/mol. The maximum atomic E-state index is 12.4. The molecule has 2 aromatic carbocycles. The third-order valence-electron chi connectivity index (χ3n) is 5.00. The molecule has 0 bridgehead atoms. The van der Waals surface area contributed by atoms with Gasteiger partial charge in [-0.2, -0.15) is 0 Å². The van der Waals surface area contributed by atoms with E-state index in [1.165, 1.54) is 11.3 Å². The third kappa shape index (κ3) is 4.45. The Morgan fingerprint density at radius 2 is 1.90 bits per heavy atom. The third-order valence-corrected chi connectivity index (χ3v) is 6.64. The number of carboxylic acid groups (broad SMARTS) is 1. The number of rotatable bonds is 7. The van der Waals surface area contributed by atoms with Crippen molar-refractivity contribution in [1.29, 1.82) is 0 Å². The average Bonchev–Trinajstić information content (AvgIpc) is 2.67. The lowest BCUT2D eigenvalue weighted by molar-refractivity contribution is -0.151. The molecule has 1 N–H and O–H groups in total. The van der Waals surface area contributed by atoms with Gasteiger partial charge < -0.3 is 14.6 Å². The minimum atomic E-state index is -0.750. The number of carbonyl (C=O) groups is 1. The number of halogens is 1. The van der Waals surface area contributed by atoms with E-state index in [0.29, 0.717) is 42.2 Å². The molecule has 5 nitrogen and oxygen atoms in total. The predicted molar refractivity (Wildman–Crippen MR) is 114 cm³/mol. The highest BCUT2D eigenvalue weighted by Gasteiger charge is 2.34. The average molecular weight is 431 g/mol. The molecule has 0 atom stereocenters. The second-order valence-corrected chi connectivity index (χ2v) is 8.42. The lowest BCUT2D eigenvalue weighted by atomic mass is 9.82. The van der Waals surface area contributed by atoms with Crippen molar-refractivity contribution in [2.75, 3.05) is 13.2 Å². The van der Waals surface area contributed by atoms with Crippen LogP contribution in [0.25, 0.3) is 20.5 Å². The Morgan fingerprint density at radius 1 is 1.14 bits per heavy atom. The molecule has 0 unspecified atom stereocenters. The van der Waals surface area contributed by atoms with Gasteiger partial charge in [-0.1, -0.05) is 17.7 Å². The Bertz CT molecular complexity index is 1090. The molecular weight excluding hydrogens is 412 g/mol. The number of benzene rings is 2. The molecule has 1 aliphatic rings. The number of hydrogen-bond donors (Lipinski definition) is 1. The number of aliphatic carboxylic acids is 1. The van der Waals surface area contributed by atoms with Gasteiger partial charge in [-0.25, -0.2) is 0 Å². The topological polar surface area (TPSA) is 72.8 Å². The van der Waals surface area contributed by atoms with Gasteiger partial charge in [0.25, 0.3) is 0 Å². The molecule has 7 heteroatoms. The molecule has 1 fully saturated rings. The predicted octanol–water partition coefficient (Wildman–Crippen LogP) is 4.84. The standard InChI is InChI=1S/C22H19ClO5S/c23-18-3-1-2-17-19(24)12-20(29-21(17)18)13-4-6-15(7-5-13)27-8-9-28-16-10-14(11-16)22(25)26/h1-7,12,14,16H,8-11H2,(H,25,26). The summed E-state index contributed by atoms with van der Waals surface area (Å²) in [6, 6.07) is 14.5. The molecule has 1 aliphatic carbocycles. The van der Waals surface area contributed by atoms with Crippen LogP contribution in [0.3, 0.4) is 0 Å². The normalized spacial score (nSPS) is 18.4. The van der Waals surface area contributed by atoms with Crippen molar-refractivity contribution < 1.29 is 19.4 Å². The van der Waals surface area contributed by atoms with Crippen molar-refractivity contribution in [3.8, 4) is 16.2 Å². The molecule has 29 heavy (non-hydrogen) atoms. The van der Waals surface area contributed by atoms with Gasteiger partial charge in [-0.05, 0) is 54.8 Å². The van der Waals surface area contributed by atoms with Crippen LogP contribution in [-0.4, -0.2) is 30.4 Å².